The average molecular weight is 230 g/mol. The van der Waals surface area contributed by atoms with Crippen molar-refractivity contribution in [1.82, 2.24) is 9.78 Å². The van der Waals surface area contributed by atoms with Crippen LogP contribution in [0.4, 0.5) is 0 Å². The van der Waals surface area contributed by atoms with Crippen LogP contribution in [0.2, 0.25) is 0 Å². The van der Waals surface area contributed by atoms with Crippen molar-refractivity contribution in [3.8, 4) is 0 Å². The summed E-state index contributed by atoms with van der Waals surface area (Å²) in [5.41, 5.74) is 13.2. The molecule has 0 saturated heterocycles. The molecule has 4 N–H and O–H groups in total. The molecular formula is C12H14N4O. The number of rotatable bonds is 4. The van der Waals surface area contributed by atoms with E-state index in [1.54, 1.807) is 23.0 Å². The van der Waals surface area contributed by atoms with Crippen molar-refractivity contribution in [1.29, 1.82) is 0 Å². The quantitative estimate of drug-likeness (QED) is 0.801. The standard InChI is InChI=1S/C12H14N4O/c13-5-10-6-15-16(8-10)7-9-2-1-3-11(4-9)12(14)17/h1-4,6,8H,5,7,13H2,(H2,14,17). The lowest BCUT2D eigenvalue weighted by atomic mass is 10.1. The van der Waals surface area contributed by atoms with Crippen molar-refractivity contribution >= 4 is 5.91 Å². The summed E-state index contributed by atoms with van der Waals surface area (Å²) in [6.45, 7) is 1.07. The van der Waals surface area contributed by atoms with Gasteiger partial charge < -0.3 is 11.5 Å². The molecule has 0 spiro atoms. The maximum absolute atomic E-state index is 11.0. The van der Waals surface area contributed by atoms with Crippen LogP contribution in [-0.4, -0.2) is 15.7 Å². The predicted molar refractivity (Wildman–Crippen MR) is 64.2 cm³/mol. The van der Waals surface area contributed by atoms with E-state index in [0.29, 0.717) is 18.7 Å². The molecule has 2 aromatic rings. The summed E-state index contributed by atoms with van der Waals surface area (Å²) in [6.07, 6.45) is 3.62. The molecule has 0 fully saturated rings. The molecule has 0 saturated carbocycles. The van der Waals surface area contributed by atoms with Gasteiger partial charge >= 0.3 is 0 Å². The van der Waals surface area contributed by atoms with Gasteiger partial charge in [-0.1, -0.05) is 12.1 Å². The van der Waals surface area contributed by atoms with E-state index in [2.05, 4.69) is 5.10 Å². The van der Waals surface area contributed by atoms with E-state index < -0.39 is 5.91 Å². The number of aromatic nitrogens is 2. The van der Waals surface area contributed by atoms with Crippen LogP contribution in [0.3, 0.4) is 0 Å². The highest BCUT2D eigenvalue weighted by molar-refractivity contribution is 5.92. The van der Waals surface area contributed by atoms with Crippen molar-refractivity contribution in [3.05, 3.63) is 53.3 Å². The van der Waals surface area contributed by atoms with E-state index in [-0.39, 0.29) is 0 Å². The first-order chi connectivity index (χ1) is 8.19. The van der Waals surface area contributed by atoms with Crippen LogP contribution in [0.25, 0.3) is 0 Å². The second kappa shape index (κ2) is 4.80. The minimum absolute atomic E-state index is 0.421. The molecule has 0 atom stereocenters. The lowest BCUT2D eigenvalue weighted by Gasteiger charge is -2.03. The smallest absolute Gasteiger partial charge is 0.248 e. The number of primary amides is 1. The zero-order valence-corrected chi connectivity index (χ0v) is 9.34. The van der Waals surface area contributed by atoms with Gasteiger partial charge in [0.15, 0.2) is 0 Å². The Hall–Kier alpha value is -2.14. The zero-order valence-electron chi connectivity index (χ0n) is 9.34. The minimum atomic E-state index is -0.421. The molecule has 0 unspecified atom stereocenters. The molecule has 1 aromatic heterocycles. The van der Waals surface area contributed by atoms with E-state index in [1.165, 1.54) is 0 Å². The van der Waals surface area contributed by atoms with Gasteiger partial charge in [-0.15, -0.1) is 0 Å². The van der Waals surface area contributed by atoms with E-state index >= 15 is 0 Å². The Kier molecular flexibility index (Phi) is 3.20. The molecule has 0 aliphatic carbocycles. The highest BCUT2D eigenvalue weighted by Crippen LogP contribution is 2.07. The lowest BCUT2D eigenvalue weighted by molar-refractivity contribution is 0.1000. The highest BCUT2D eigenvalue weighted by Gasteiger charge is 2.02. The molecule has 0 aliphatic heterocycles. The second-order valence-corrected chi connectivity index (χ2v) is 3.81. The summed E-state index contributed by atoms with van der Waals surface area (Å²) in [4.78, 5) is 11.0. The summed E-state index contributed by atoms with van der Waals surface area (Å²) in [7, 11) is 0. The monoisotopic (exact) mass is 230 g/mol. The largest absolute Gasteiger partial charge is 0.366 e. The van der Waals surface area contributed by atoms with Gasteiger partial charge in [-0.3, -0.25) is 9.48 Å². The summed E-state index contributed by atoms with van der Waals surface area (Å²) >= 11 is 0. The van der Waals surface area contributed by atoms with E-state index in [4.69, 9.17) is 11.5 Å². The Morgan fingerprint density at radius 2 is 2.18 bits per heavy atom. The molecule has 5 heteroatoms. The topological polar surface area (TPSA) is 86.9 Å². The van der Waals surface area contributed by atoms with Crippen LogP contribution < -0.4 is 11.5 Å². The molecule has 88 valence electrons. The number of nitrogens with zero attached hydrogens (tertiary/aromatic N) is 2. The van der Waals surface area contributed by atoms with Gasteiger partial charge in [0, 0.05) is 23.9 Å². The molecule has 0 bridgehead atoms. The summed E-state index contributed by atoms with van der Waals surface area (Å²) in [6, 6.07) is 7.20. The number of carbonyl (C=O) groups is 1. The normalized spacial score (nSPS) is 10.4. The fourth-order valence-electron chi connectivity index (χ4n) is 1.61. The number of benzene rings is 1. The van der Waals surface area contributed by atoms with Crippen molar-refractivity contribution in [2.24, 2.45) is 11.5 Å². The number of hydrogen-bond acceptors (Lipinski definition) is 3. The van der Waals surface area contributed by atoms with Crippen molar-refractivity contribution < 1.29 is 4.79 Å². The molecule has 0 radical (unpaired) electrons. The molecule has 0 aliphatic rings. The number of amides is 1. The van der Waals surface area contributed by atoms with Crippen LogP contribution in [0.15, 0.2) is 36.7 Å². The van der Waals surface area contributed by atoms with Gasteiger partial charge in [-0.25, -0.2) is 0 Å². The highest BCUT2D eigenvalue weighted by atomic mass is 16.1. The zero-order chi connectivity index (χ0) is 12.3. The van der Waals surface area contributed by atoms with Gasteiger partial charge in [0.2, 0.25) is 5.91 Å². The average Bonchev–Trinajstić information content (AvgIpc) is 2.77. The van der Waals surface area contributed by atoms with Gasteiger partial charge in [0.25, 0.3) is 0 Å². The maximum Gasteiger partial charge on any atom is 0.248 e. The van der Waals surface area contributed by atoms with Crippen LogP contribution in [0.5, 0.6) is 0 Å². The minimum Gasteiger partial charge on any atom is -0.366 e. The molecule has 2 rings (SSSR count). The third-order valence-electron chi connectivity index (χ3n) is 2.48. The fraction of sp³-hybridized carbons (Fsp3) is 0.167. The Morgan fingerprint density at radius 1 is 1.35 bits per heavy atom. The molecule has 1 heterocycles. The first-order valence-electron chi connectivity index (χ1n) is 5.29. The van der Waals surface area contributed by atoms with Gasteiger partial charge in [-0.05, 0) is 17.7 Å². The van der Waals surface area contributed by atoms with E-state index in [1.807, 2.05) is 18.3 Å². The van der Waals surface area contributed by atoms with Gasteiger partial charge in [0.1, 0.15) is 0 Å². The van der Waals surface area contributed by atoms with Crippen molar-refractivity contribution in [2.45, 2.75) is 13.1 Å². The first-order valence-corrected chi connectivity index (χ1v) is 5.29. The maximum atomic E-state index is 11.0. The Bertz CT molecular complexity index is 533. The number of nitrogens with two attached hydrogens (primary N) is 2. The van der Waals surface area contributed by atoms with E-state index in [9.17, 15) is 4.79 Å². The number of hydrogen-bond donors (Lipinski definition) is 2. The van der Waals surface area contributed by atoms with Gasteiger partial charge in [0.05, 0.1) is 12.7 Å². The number of carbonyl (C=O) groups excluding carboxylic acids is 1. The van der Waals surface area contributed by atoms with Crippen molar-refractivity contribution in [2.75, 3.05) is 0 Å². The summed E-state index contributed by atoms with van der Waals surface area (Å²) < 4.78 is 1.78. The molecule has 17 heavy (non-hydrogen) atoms. The predicted octanol–water partition coefficient (Wildman–Crippen LogP) is 0.489. The molecular weight excluding hydrogens is 216 g/mol. The van der Waals surface area contributed by atoms with Gasteiger partial charge in [-0.2, -0.15) is 5.10 Å². The lowest BCUT2D eigenvalue weighted by Crippen LogP contribution is -2.11. The van der Waals surface area contributed by atoms with E-state index in [0.717, 1.165) is 11.1 Å². The Labute approximate surface area is 99.0 Å². The summed E-state index contributed by atoms with van der Waals surface area (Å²) in [5.74, 6) is -0.421. The second-order valence-electron chi connectivity index (χ2n) is 3.81. The third-order valence-corrected chi connectivity index (χ3v) is 2.48. The first kappa shape index (κ1) is 11.3. The van der Waals surface area contributed by atoms with Crippen LogP contribution >= 0.6 is 0 Å². The third kappa shape index (κ3) is 2.70. The van der Waals surface area contributed by atoms with Crippen LogP contribution in [-0.2, 0) is 13.1 Å². The van der Waals surface area contributed by atoms with Crippen LogP contribution in [0.1, 0.15) is 21.5 Å². The molecule has 5 nitrogen and oxygen atoms in total. The fourth-order valence-corrected chi connectivity index (χ4v) is 1.61. The Morgan fingerprint density at radius 3 is 2.82 bits per heavy atom. The SMILES string of the molecule is NCc1cnn(Cc2cccc(C(N)=O)c2)c1. The van der Waals surface area contributed by atoms with Crippen LogP contribution in [0, 0.1) is 0 Å². The summed E-state index contributed by atoms with van der Waals surface area (Å²) in [5, 5.41) is 4.18. The van der Waals surface area contributed by atoms with Crippen molar-refractivity contribution in [3.63, 3.8) is 0 Å². The molecule has 1 aromatic carbocycles. The molecule has 1 amide bonds. The Balaban J connectivity index is 2.18.